The van der Waals surface area contributed by atoms with Crippen LogP contribution in [0.4, 0.5) is 0 Å². The van der Waals surface area contributed by atoms with Gasteiger partial charge in [0.1, 0.15) is 0 Å². The van der Waals surface area contributed by atoms with Crippen LogP contribution >= 0.6 is 0 Å². The van der Waals surface area contributed by atoms with E-state index < -0.39 is 0 Å². The summed E-state index contributed by atoms with van der Waals surface area (Å²) in [4.78, 5) is 13.9. The lowest BCUT2D eigenvalue weighted by atomic mass is 10.1. The van der Waals surface area contributed by atoms with Crippen molar-refractivity contribution >= 4 is 5.91 Å². The Balaban J connectivity index is 1.82. The number of nitrogens with zero attached hydrogens (tertiary/aromatic N) is 1. The Hall–Kier alpha value is -0.570. The van der Waals surface area contributed by atoms with Crippen LogP contribution in [0.25, 0.3) is 0 Å². The van der Waals surface area contributed by atoms with E-state index in [-0.39, 0.29) is 6.10 Å². The minimum absolute atomic E-state index is 0.238. The number of morpholine rings is 1. The molecule has 0 N–H and O–H groups in total. The van der Waals surface area contributed by atoms with Crippen molar-refractivity contribution in [2.45, 2.75) is 39.2 Å². The van der Waals surface area contributed by atoms with Crippen LogP contribution in [0.15, 0.2) is 0 Å². The summed E-state index contributed by atoms with van der Waals surface area (Å²) in [6.45, 7) is 6.59. The molecule has 1 unspecified atom stereocenters. The molecule has 1 heterocycles. The van der Waals surface area contributed by atoms with Crippen molar-refractivity contribution in [3.63, 3.8) is 0 Å². The third-order valence-corrected chi connectivity index (χ3v) is 3.35. The lowest BCUT2D eigenvalue weighted by molar-refractivity contribution is -0.140. The Kier molecular flexibility index (Phi) is 3.29. The molecule has 3 heteroatoms. The van der Waals surface area contributed by atoms with Gasteiger partial charge in [-0.15, -0.1) is 0 Å². The van der Waals surface area contributed by atoms with Gasteiger partial charge in [0.15, 0.2) is 0 Å². The summed E-state index contributed by atoms with van der Waals surface area (Å²) in [6, 6.07) is 0. The molecule has 1 aliphatic heterocycles. The Bertz CT molecular complexity index is 236. The van der Waals surface area contributed by atoms with Crippen molar-refractivity contribution in [2.75, 3.05) is 19.7 Å². The Morgan fingerprint density at radius 2 is 2.20 bits per heavy atom. The third-order valence-electron chi connectivity index (χ3n) is 3.35. The molecule has 0 radical (unpaired) electrons. The van der Waals surface area contributed by atoms with Crippen molar-refractivity contribution in [1.82, 2.24) is 4.90 Å². The van der Waals surface area contributed by atoms with Crippen LogP contribution in [0.2, 0.25) is 0 Å². The van der Waals surface area contributed by atoms with E-state index >= 15 is 0 Å². The molecule has 1 aliphatic carbocycles. The number of amides is 1. The normalized spacial score (nSPS) is 27.1. The minimum atomic E-state index is 0.238. The van der Waals surface area contributed by atoms with Gasteiger partial charge in [-0.25, -0.2) is 0 Å². The molecule has 2 rings (SSSR count). The second kappa shape index (κ2) is 4.52. The summed E-state index contributed by atoms with van der Waals surface area (Å²) in [6.07, 6.45) is 3.51. The molecular formula is C12H21NO2. The van der Waals surface area contributed by atoms with Gasteiger partial charge in [0, 0.05) is 19.5 Å². The number of hydrogen-bond acceptors (Lipinski definition) is 2. The standard InChI is InChI=1S/C12H21NO2/c1-9(2)11-8-13(5-6-15-11)12(14)7-10-3-4-10/h9-11H,3-8H2,1-2H3. The molecule has 0 bridgehead atoms. The molecule has 1 saturated heterocycles. The van der Waals surface area contributed by atoms with Crippen LogP contribution in [0.1, 0.15) is 33.1 Å². The van der Waals surface area contributed by atoms with Crippen molar-refractivity contribution in [3.05, 3.63) is 0 Å². The predicted octanol–water partition coefficient (Wildman–Crippen LogP) is 1.67. The van der Waals surface area contributed by atoms with Crippen molar-refractivity contribution < 1.29 is 9.53 Å². The van der Waals surface area contributed by atoms with E-state index in [9.17, 15) is 4.79 Å². The van der Waals surface area contributed by atoms with Gasteiger partial charge < -0.3 is 9.64 Å². The number of carbonyl (C=O) groups is 1. The molecule has 1 saturated carbocycles. The monoisotopic (exact) mass is 211 g/mol. The van der Waals surface area contributed by atoms with Gasteiger partial charge >= 0.3 is 0 Å². The largest absolute Gasteiger partial charge is 0.374 e. The van der Waals surface area contributed by atoms with Crippen molar-refractivity contribution in [1.29, 1.82) is 0 Å². The molecule has 0 spiro atoms. The SMILES string of the molecule is CC(C)C1CN(C(=O)CC2CC2)CCO1. The summed E-state index contributed by atoms with van der Waals surface area (Å²) in [5.74, 6) is 1.53. The lowest BCUT2D eigenvalue weighted by Crippen LogP contribution is -2.47. The number of carbonyl (C=O) groups excluding carboxylic acids is 1. The van der Waals surface area contributed by atoms with Crippen LogP contribution in [-0.4, -0.2) is 36.6 Å². The average Bonchev–Trinajstić information content (AvgIpc) is 3.02. The minimum Gasteiger partial charge on any atom is -0.374 e. The molecular weight excluding hydrogens is 190 g/mol. The second-order valence-corrected chi connectivity index (χ2v) is 5.14. The van der Waals surface area contributed by atoms with Gasteiger partial charge in [0.05, 0.1) is 12.7 Å². The van der Waals surface area contributed by atoms with E-state index in [4.69, 9.17) is 4.74 Å². The topological polar surface area (TPSA) is 29.5 Å². The maximum absolute atomic E-state index is 11.9. The fraction of sp³-hybridized carbons (Fsp3) is 0.917. The zero-order valence-corrected chi connectivity index (χ0v) is 9.74. The van der Waals surface area contributed by atoms with Crippen LogP contribution < -0.4 is 0 Å². The first-order chi connectivity index (χ1) is 7.16. The smallest absolute Gasteiger partial charge is 0.223 e. The number of ether oxygens (including phenoxy) is 1. The van der Waals surface area contributed by atoms with Crippen molar-refractivity contribution in [3.8, 4) is 0 Å². The maximum atomic E-state index is 11.9. The first-order valence-electron chi connectivity index (χ1n) is 6.06. The molecule has 2 aliphatic rings. The quantitative estimate of drug-likeness (QED) is 0.710. The predicted molar refractivity (Wildman–Crippen MR) is 58.5 cm³/mol. The van der Waals surface area contributed by atoms with Crippen LogP contribution in [0.3, 0.4) is 0 Å². The fourth-order valence-electron chi connectivity index (χ4n) is 2.00. The molecule has 1 atom stereocenters. The third kappa shape index (κ3) is 2.94. The molecule has 1 amide bonds. The van der Waals surface area contributed by atoms with E-state index in [0.29, 0.717) is 24.3 Å². The van der Waals surface area contributed by atoms with E-state index in [0.717, 1.165) is 19.5 Å². The second-order valence-electron chi connectivity index (χ2n) is 5.14. The van der Waals surface area contributed by atoms with E-state index in [2.05, 4.69) is 13.8 Å². The molecule has 0 aromatic heterocycles. The highest BCUT2D eigenvalue weighted by molar-refractivity contribution is 5.76. The number of rotatable bonds is 3. The molecule has 2 fully saturated rings. The van der Waals surface area contributed by atoms with Crippen molar-refractivity contribution in [2.24, 2.45) is 11.8 Å². The van der Waals surface area contributed by atoms with Gasteiger partial charge in [-0.1, -0.05) is 13.8 Å². The highest BCUT2D eigenvalue weighted by Crippen LogP contribution is 2.33. The summed E-state index contributed by atoms with van der Waals surface area (Å²) in [5, 5.41) is 0. The lowest BCUT2D eigenvalue weighted by Gasteiger charge is -2.35. The van der Waals surface area contributed by atoms with Gasteiger partial charge in [0.2, 0.25) is 5.91 Å². The van der Waals surface area contributed by atoms with Crippen LogP contribution in [0, 0.1) is 11.8 Å². The summed E-state index contributed by atoms with van der Waals surface area (Å²) >= 11 is 0. The molecule has 15 heavy (non-hydrogen) atoms. The highest BCUT2D eigenvalue weighted by Gasteiger charge is 2.30. The number of hydrogen-bond donors (Lipinski definition) is 0. The molecule has 86 valence electrons. The van der Waals surface area contributed by atoms with Gasteiger partial charge in [-0.2, -0.15) is 0 Å². The summed E-state index contributed by atoms with van der Waals surface area (Å²) in [7, 11) is 0. The molecule has 3 nitrogen and oxygen atoms in total. The first kappa shape index (κ1) is 10.9. The summed E-state index contributed by atoms with van der Waals surface area (Å²) < 4.78 is 5.65. The van der Waals surface area contributed by atoms with Crippen LogP contribution in [-0.2, 0) is 9.53 Å². The van der Waals surface area contributed by atoms with Gasteiger partial charge in [0.25, 0.3) is 0 Å². The Morgan fingerprint density at radius 3 is 2.80 bits per heavy atom. The zero-order chi connectivity index (χ0) is 10.8. The molecule has 0 aromatic carbocycles. The van der Waals surface area contributed by atoms with E-state index in [1.807, 2.05) is 4.90 Å². The van der Waals surface area contributed by atoms with Gasteiger partial charge in [-0.3, -0.25) is 4.79 Å². The first-order valence-corrected chi connectivity index (χ1v) is 6.06. The average molecular weight is 211 g/mol. The maximum Gasteiger partial charge on any atom is 0.223 e. The van der Waals surface area contributed by atoms with E-state index in [1.165, 1.54) is 12.8 Å². The van der Waals surface area contributed by atoms with E-state index in [1.54, 1.807) is 0 Å². The zero-order valence-electron chi connectivity index (χ0n) is 9.74. The Labute approximate surface area is 91.8 Å². The fourth-order valence-corrected chi connectivity index (χ4v) is 2.00. The highest BCUT2D eigenvalue weighted by atomic mass is 16.5. The molecule has 0 aromatic rings. The summed E-state index contributed by atoms with van der Waals surface area (Å²) in [5.41, 5.74) is 0. The van der Waals surface area contributed by atoms with Crippen LogP contribution in [0.5, 0.6) is 0 Å². The van der Waals surface area contributed by atoms with Gasteiger partial charge in [-0.05, 0) is 24.7 Å². The Morgan fingerprint density at radius 1 is 1.47 bits per heavy atom.